The molecule has 0 aliphatic carbocycles. The van der Waals surface area contributed by atoms with Crippen LogP contribution in [0.2, 0.25) is 0 Å². The normalized spacial score (nSPS) is 31.8. The number of methoxy groups -OCH3 is 1. The van der Waals surface area contributed by atoms with E-state index >= 15 is 0 Å². The van der Waals surface area contributed by atoms with Crippen LogP contribution in [-0.2, 0) is 4.74 Å². The van der Waals surface area contributed by atoms with Crippen LogP contribution < -0.4 is 5.32 Å². The first kappa shape index (κ1) is 15.2. The minimum atomic E-state index is -2.79. The number of halogens is 2. The van der Waals surface area contributed by atoms with E-state index in [0.717, 1.165) is 0 Å². The van der Waals surface area contributed by atoms with Gasteiger partial charge in [-0.3, -0.25) is 0 Å². The molecule has 2 nitrogen and oxygen atoms in total. The highest BCUT2D eigenvalue weighted by atomic mass is 31.0. The zero-order valence-corrected chi connectivity index (χ0v) is 11.0. The molecular formula is C10H22F2NOP. The van der Waals surface area contributed by atoms with Crippen LogP contribution in [0.25, 0.3) is 0 Å². The van der Waals surface area contributed by atoms with Crippen LogP contribution in [0.1, 0.15) is 27.2 Å². The molecule has 1 fully saturated rings. The van der Waals surface area contributed by atoms with Crippen molar-refractivity contribution in [3.8, 4) is 0 Å². The first-order valence-electron chi connectivity index (χ1n) is 5.38. The van der Waals surface area contributed by atoms with Crippen LogP contribution in [0.5, 0.6) is 0 Å². The molecule has 0 radical (unpaired) electrons. The van der Waals surface area contributed by atoms with Crippen molar-refractivity contribution in [1.82, 2.24) is 5.32 Å². The quantitative estimate of drug-likeness (QED) is 0.750. The number of rotatable bonds is 2. The second-order valence-corrected chi connectivity index (χ2v) is 4.45. The number of hydrogen-bond acceptors (Lipinski definition) is 2. The van der Waals surface area contributed by atoms with Crippen molar-refractivity contribution in [3.05, 3.63) is 0 Å². The highest BCUT2D eigenvalue weighted by molar-refractivity contribution is 7.18. The number of ether oxygens (including phenoxy) is 1. The maximum atomic E-state index is 13.0. The average molecular weight is 241 g/mol. The van der Waals surface area contributed by atoms with Gasteiger partial charge < -0.3 is 10.1 Å². The molecule has 0 bridgehead atoms. The van der Waals surface area contributed by atoms with Gasteiger partial charge in [0.25, 0.3) is 5.66 Å². The fourth-order valence-corrected chi connectivity index (χ4v) is 2.02. The van der Waals surface area contributed by atoms with Crippen molar-refractivity contribution in [1.29, 1.82) is 0 Å². The summed E-state index contributed by atoms with van der Waals surface area (Å²) in [5, 5.41) is 2.81. The third kappa shape index (κ3) is 4.71. The van der Waals surface area contributed by atoms with Crippen LogP contribution in [0.15, 0.2) is 0 Å². The van der Waals surface area contributed by atoms with Crippen molar-refractivity contribution in [2.24, 2.45) is 5.92 Å². The maximum Gasteiger partial charge on any atom is 0.276 e. The first-order valence-corrected chi connectivity index (χ1v) is 5.95. The monoisotopic (exact) mass is 241 g/mol. The van der Waals surface area contributed by atoms with E-state index in [4.69, 9.17) is 4.74 Å². The van der Waals surface area contributed by atoms with Crippen LogP contribution in [-0.4, -0.2) is 31.5 Å². The largest absolute Gasteiger partial charge is 0.380 e. The molecule has 92 valence electrons. The topological polar surface area (TPSA) is 21.3 Å². The molecule has 1 heterocycles. The summed E-state index contributed by atoms with van der Waals surface area (Å²) in [7, 11) is 3.05. The van der Waals surface area contributed by atoms with E-state index in [1.807, 2.05) is 20.8 Å². The molecule has 0 aromatic carbocycles. The van der Waals surface area contributed by atoms with E-state index < -0.39 is 17.8 Å². The Balaban J connectivity index is 0.000000921. The number of hydrogen-bond donors (Lipinski definition) is 1. The minimum Gasteiger partial charge on any atom is -0.380 e. The molecule has 0 aromatic rings. The van der Waals surface area contributed by atoms with Crippen molar-refractivity contribution in [2.45, 2.75) is 45.0 Å². The van der Waals surface area contributed by atoms with E-state index in [-0.39, 0.29) is 0 Å². The molecule has 1 rings (SSSR count). The van der Waals surface area contributed by atoms with Gasteiger partial charge in [0.2, 0.25) is 0 Å². The SMILES string of the molecule is CC.COC1CC(C)CNC1C(F)(F)P. The third-order valence-corrected chi connectivity index (χ3v) is 2.77. The van der Waals surface area contributed by atoms with Gasteiger partial charge in [-0.15, -0.1) is 0 Å². The molecule has 1 saturated heterocycles. The van der Waals surface area contributed by atoms with Crippen molar-refractivity contribution in [2.75, 3.05) is 13.7 Å². The summed E-state index contributed by atoms with van der Waals surface area (Å²) in [5.41, 5.74) is -2.79. The van der Waals surface area contributed by atoms with Gasteiger partial charge in [0, 0.05) is 7.11 Å². The van der Waals surface area contributed by atoms with Crippen LogP contribution in [0.4, 0.5) is 8.78 Å². The predicted molar refractivity (Wildman–Crippen MR) is 62.4 cm³/mol. The summed E-state index contributed by atoms with van der Waals surface area (Å²) < 4.78 is 31.0. The Morgan fingerprint density at radius 1 is 1.40 bits per heavy atom. The fraction of sp³-hybridized carbons (Fsp3) is 1.00. The average Bonchev–Trinajstić information content (AvgIpc) is 2.18. The van der Waals surface area contributed by atoms with Gasteiger partial charge in [0.15, 0.2) is 0 Å². The van der Waals surface area contributed by atoms with E-state index in [0.29, 0.717) is 18.9 Å². The molecule has 0 aromatic heterocycles. The number of nitrogens with one attached hydrogen (secondary N) is 1. The lowest BCUT2D eigenvalue weighted by atomic mass is 9.93. The molecule has 5 heteroatoms. The number of piperidine rings is 1. The molecule has 4 unspecified atom stereocenters. The fourth-order valence-electron chi connectivity index (χ4n) is 1.69. The highest BCUT2D eigenvalue weighted by Gasteiger charge is 2.42. The summed E-state index contributed by atoms with van der Waals surface area (Å²) in [6.07, 6.45) is 0.300. The Labute approximate surface area is 93.3 Å². The lowest BCUT2D eigenvalue weighted by Gasteiger charge is -2.37. The zero-order chi connectivity index (χ0) is 12.1. The van der Waals surface area contributed by atoms with E-state index in [1.165, 1.54) is 7.11 Å². The van der Waals surface area contributed by atoms with E-state index in [2.05, 4.69) is 5.32 Å². The van der Waals surface area contributed by atoms with Gasteiger partial charge in [-0.1, -0.05) is 30.0 Å². The summed E-state index contributed by atoms with van der Waals surface area (Å²) in [6.45, 7) is 6.66. The minimum absolute atomic E-state index is 0.392. The molecule has 1 N–H and O–H groups in total. The van der Waals surface area contributed by atoms with Crippen molar-refractivity contribution >= 4 is 9.24 Å². The lowest BCUT2D eigenvalue weighted by molar-refractivity contribution is -0.0510. The lowest BCUT2D eigenvalue weighted by Crippen LogP contribution is -2.55. The Morgan fingerprint density at radius 2 is 1.93 bits per heavy atom. The molecule has 0 saturated carbocycles. The Morgan fingerprint density at radius 3 is 2.33 bits per heavy atom. The van der Waals surface area contributed by atoms with Gasteiger partial charge >= 0.3 is 0 Å². The van der Waals surface area contributed by atoms with Gasteiger partial charge in [0.1, 0.15) is 6.04 Å². The summed E-state index contributed by atoms with van der Waals surface area (Å²) >= 11 is 0. The van der Waals surface area contributed by atoms with Gasteiger partial charge in [-0.2, -0.15) is 0 Å². The first-order chi connectivity index (χ1) is 6.95. The molecule has 4 atom stereocenters. The van der Waals surface area contributed by atoms with E-state index in [1.54, 1.807) is 9.24 Å². The molecule has 1 aliphatic rings. The zero-order valence-electron chi connectivity index (χ0n) is 9.89. The Bertz CT molecular complexity index is 175. The third-order valence-electron chi connectivity index (χ3n) is 2.41. The van der Waals surface area contributed by atoms with Gasteiger partial charge in [-0.25, -0.2) is 8.78 Å². The second kappa shape index (κ2) is 6.72. The van der Waals surface area contributed by atoms with Crippen LogP contribution in [0.3, 0.4) is 0 Å². The smallest absolute Gasteiger partial charge is 0.276 e. The van der Waals surface area contributed by atoms with Crippen molar-refractivity contribution < 1.29 is 13.5 Å². The van der Waals surface area contributed by atoms with E-state index in [9.17, 15) is 8.78 Å². The summed E-state index contributed by atoms with van der Waals surface area (Å²) in [6, 6.07) is -0.876. The summed E-state index contributed by atoms with van der Waals surface area (Å²) in [4.78, 5) is 0. The molecule has 0 amide bonds. The predicted octanol–water partition coefficient (Wildman–Crippen LogP) is 2.49. The molecule has 0 spiro atoms. The number of alkyl halides is 2. The highest BCUT2D eigenvalue weighted by Crippen LogP contribution is 2.33. The second-order valence-electron chi connectivity index (χ2n) is 3.68. The molecule has 15 heavy (non-hydrogen) atoms. The molecule has 1 aliphatic heterocycles. The molecular weight excluding hydrogens is 219 g/mol. The van der Waals surface area contributed by atoms with Gasteiger partial charge in [-0.05, 0) is 18.9 Å². The standard InChI is InChI=1S/C8H16F2NOP.C2H6/c1-5-3-6(12-2)7(11-4-5)8(9,10)13;1-2/h5-7,11H,3-4,13H2,1-2H3;1-2H3. The maximum absolute atomic E-state index is 13.0. The Hall–Kier alpha value is 0.210. The van der Waals surface area contributed by atoms with Crippen LogP contribution >= 0.6 is 9.24 Å². The van der Waals surface area contributed by atoms with Gasteiger partial charge in [0.05, 0.1) is 6.10 Å². The van der Waals surface area contributed by atoms with Crippen LogP contribution in [0, 0.1) is 5.92 Å². The Kier molecular flexibility index (Phi) is 6.81. The van der Waals surface area contributed by atoms with Crippen molar-refractivity contribution in [3.63, 3.8) is 0 Å². The summed E-state index contributed by atoms with van der Waals surface area (Å²) in [5.74, 6) is 0.397.